The topological polar surface area (TPSA) is 37.8 Å². The Kier molecular flexibility index (Phi) is 3.22. The zero-order valence-corrected chi connectivity index (χ0v) is 11.7. The Hall–Kier alpha value is -1.49. The Balaban J connectivity index is 1.64. The zero-order valence-electron chi connectivity index (χ0n) is 10.9. The van der Waals surface area contributed by atoms with E-state index in [9.17, 15) is 4.39 Å². The van der Waals surface area contributed by atoms with E-state index in [0.29, 0.717) is 17.9 Å². The summed E-state index contributed by atoms with van der Waals surface area (Å²) in [6.45, 7) is 4.22. The average Bonchev–Trinajstić information content (AvgIpc) is 2.96. The molecule has 1 heterocycles. The molecule has 1 fully saturated rings. The number of benzene rings is 1. The molecule has 1 aromatic carbocycles. The van der Waals surface area contributed by atoms with Crippen LogP contribution in [0.4, 0.5) is 9.52 Å². The minimum atomic E-state index is -0.166. The van der Waals surface area contributed by atoms with Crippen LogP contribution >= 0.6 is 11.3 Å². The number of halogens is 1. The van der Waals surface area contributed by atoms with Gasteiger partial charge >= 0.3 is 0 Å². The van der Waals surface area contributed by atoms with Crippen molar-refractivity contribution in [2.24, 2.45) is 0 Å². The van der Waals surface area contributed by atoms with Crippen LogP contribution in [0.15, 0.2) is 24.3 Å². The maximum atomic E-state index is 13.2. The van der Waals surface area contributed by atoms with E-state index in [1.54, 1.807) is 23.5 Å². The van der Waals surface area contributed by atoms with Crippen molar-refractivity contribution < 1.29 is 4.39 Å². The molecule has 0 saturated heterocycles. The van der Waals surface area contributed by atoms with Gasteiger partial charge in [-0.15, -0.1) is 10.2 Å². The van der Waals surface area contributed by atoms with Crippen molar-refractivity contribution in [1.29, 1.82) is 0 Å². The molecule has 1 aliphatic carbocycles. The first kappa shape index (κ1) is 12.5. The van der Waals surface area contributed by atoms with Crippen LogP contribution in [-0.2, 0) is 0 Å². The van der Waals surface area contributed by atoms with Crippen LogP contribution < -0.4 is 5.32 Å². The molecule has 0 radical (unpaired) electrons. The van der Waals surface area contributed by atoms with Gasteiger partial charge in [-0.3, -0.25) is 0 Å². The van der Waals surface area contributed by atoms with Gasteiger partial charge in [-0.05, 0) is 24.1 Å². The van der Waals surface area contributed by atoms with Gasteiger partial charge in [0.2, 0.25) is 5.13 Å². The van der Waals surface area contributed by atoms with E-state index in [0.717, 1.165) is 22.1 Å². The van der Waals surface area contributed by atoms with Crippen LogP contribution in [0.3, 0.4) is 0 Å². The van der Waals surface area contributed by atoms with Crippen molar-refractivity contribution in [3.8, 4) is 0 Å². The largest absolute Gasteiger partial charge is 0.357 e. The van der Waals surface area contributed by atoms with Gasteiger partial charge in [-0.25, -0.2) is 4.39 Å². The molecular formula is C14H16FN3S. The lowest BCUT2D eigenvalue weighted by Gasteiger charge is -2.02. The third kappa shape index (κ3) is 2.76. The first-order valence-corrected chi connectivity index (χ1v) is 7.30. The predicted octanol–water partition coefficient (Wildman–Crippen LogP) is 3.77. The number of anilines is 1. The highest BCUT2D eigenvalue weighted by molar-refractivity contribution is 7.15. The number of aromatic nitrogens is 2. The van der Waals surface area contributed by atoms with Crippen molar-refractivity contribution in [2.45, 2.75) is 38.1 Å². The maximum Gasteiger partial charge on any atom is 0.205 e. The SMILES string of the molecule is CC(C)c1nnc(N[C@@H]2C[C@H]2c2cccc(F)c2)s1. The zero-order chi connectivity index (χ0) is 13.4. The molecule has 1 aliphatic rings. The summed E-state index contributed by atoms with van der Waals surface area (Å²) in [5.74, 6) is 0.634. The van der Waals surface area contributed by atoms with Gasteiger partial charge < -0.3 is 5.32 Å². The number of nitrogens with zero attached hydrogens (tertiary/aromatic N) is 2. The normalized spacial score (nSPS) is 21.7. The standard InChI is InChI=1S/C14H16FN3S/c1-8(2)13-17-18-14(19-13)16-12-7-11(12)9-4-3-5-10(15)6-9/h3-6,8,11-12H,7H2,1-2H3,(H,16,18)/t11-,12+/m0/s1. The maximum absolute atomic E-state index is 13.2. The summed E-state index contributed by atoms with van der Waals surface area (Å²) in [7, 11) is 0. The highest BCUT2D eigenvalue weighted by atomic mass is 32.1. The van der Waals surface area contributed by atoms with Crippen LogP contribution in [-0.4, -0.2) is 16.2 Å². The summed E-state index contributed by atoms with van der Waals surface area (Å²) >= 11 is 1.60. The summed E-state index contributed by atoms with van der Waals surface area (Å²) in [6.07, 6.45) is 1.03. The van der Waals surface area contributed by atoms with Gasteiger partial charge in [0.1, 0.15) is 10.8 Å². The fraction of sp³-hybridized carbons (Fsp3) is 0.429. The van der Waals surface area contributed by atoms with Crippen molar-refractivity contribution in [3.05, 3.63) is 40.7 Å². The van der Waals surface area contributed by atoms with Crippen LogP contribution in [0.25, 0.3) is 0 Å². The Morgan fingerprint density at radius 1 is 1.37 bits per heavy atom. The number of hydrogen-bond acceptors (Lipinski definition) is 4. The smallest absolute Gasteiger partial charge is 0.205 e. The molecular weight excluding hydrogens is 261 g/mol. The van der Waals surface area contributed by atoms with Gasteiger partial charge in [0, 0.05) is 17.9 Å². The molecule has 19 heavy (non-hydrogen) atoms. The quantitative estimate of drug-likeness (QED) is 0.924. The molecule has 0 bridgehead atoms. The summed E-state index contributed by atoms with van der Waals surface area (Å²) in [4.78, 5) is 0. The minimum absolute atomic E-state index is 0.166. The highest BCUT2D eigenvalue weighted by Gasteiger charge is 2.39. The van der Waals surface area contributed by atoms with Gasteiger partial charge in [0.25, 0.3) is 0 Å². The number of rotatable bonds is 4. The molecule has 1 aromatic heterocycles. The summed E-state index contributed by atoms with van der Waals surface area (Å²) in [5.41, 5.74) is 1.06. The van der Waals surface area contributed by atoms with Crippen LogP contribution in [0.5, 0.6) is 0 Å². The summed E-state index contributed by atoms with van der Waals surface area (Å²) in [6, 6.07) is 7.20. The van der Waals surface area contributed by atoms with E-state index in [2.05, 4.69) is 29.4 Å². The number of nitrogens with one attached hydrogen (secondary N) is 1. The van der Waals surface area contributed by atoms with E-state index in [1.165, 1.54) is 6.07 Å². The van der Waals surface area contributed by atoms with Crippen molar-refractivity contribution >= 4 is 16.5 Å². The van der Waals surface area contributed by atoms with Crippen molar-refractivity contribution in [2.75, 3.05) is 5.32 Å². The lowest BCUT2D eigenvalue weighted by molar-refractivity contribution is 0.625. The molecule has 2 aromatic rings. The third-order valence-corrected chi connectivity index (χ3v) is 4.47. The lowest BCUT2D eigenvalue weighted by Crippen LogP contribution is -2.03. The molecule has 5 heteroatoms. The molecule has 0 aliphatic heterocycles. The van der Waals surface area contributed by atoms with E-state index in [1.807, 2.05) is 6.07 Å². The molecule has 2 atom stereocenters. The first-order chi connectivity index (χ1) is 9.13. The number of hydrogen-bond donors (Lipinski definition) is 1. The van der Waals surface area contributed by atoms with Gasteiger partial charge in [0.15, 0.2) is 0 Å². The second-order valence-corrected chi connectivity index (χ2v) is 6.26. The Bertz CT molecular complexity index is 582. The van der Waals surface area contributed by atoms with Crippen molar-refractivity contribution in [3.63, 3.8) is 0 Å². The van der Waals surface area contributed by atoms with E-state index < -0.39 is 0 Å². The van der Waals surface area contributed by atoms with Crippen LogP contribution in [0.1, 0.15) is 42.7 Å². The lowest BCUT2D eigenvalue weighted by atomic mass is 10.1. The molecule has 0 unspecified atom stereocenters. The molecule has 0 spiro atoms. The molecule has 1 N–H and O–H groups in total. The second kappa shape index (κ2) is 4.89. The monoisotopic (exact) mass is 277 g/mol. The van der Waals surface area contributed by atoms with Crippen molar-refractivity contribution in [1.82, 2.24) is 10.2 Å². The van der Waals surface area contributed by atoms with Crippen LogP contribution in [0.2, 0.25) is 0 Å². The summed E-state index contributed by atoms with van der Waals surface area (Å²) in [5, 5.41) is 13.6. The predicted molar refractivity (Wildman–Crippen MR) is 75.2 cm³/mol. The Morgan fingerprint density at radius 3 is 2.89 bits per heavy atom. The third-order valence-electron chi connectivity index (χ3n) is 3.31. The fourth-order valence-corrected chi connectivity index (χ4v) is 2.95. The summed E-state index contributed by atoms with van der Waals surface area (Å²) < 4.78 is 13.2. The van der Waals surface area contributed by atoms with Gasteiger partial charge in [0.05, 0.1) is 0 Å². The van der Waals surface area contributed by atoms with Crippen LogP contribution in [0, 0.1) is 5.82 Å². The molecule has 3 nitrogen and oxygen atoms in total. The van der Waals surface area contributed by atoms with Gasteiger partial charge in [-0.1, -0.05) is 37.3 Å². The molecule has 100 valence electrons. The molecule has 1 saturated carbocycles. The van der Waals surface area contributed by atoms with E-state index in [4.69, 9.17) is 0 Å². The Labute approximate surface area is 115 Å². The fourth-order valence-electron chi connectivity index (χ4n) is 2.14. The van der Waals surface area contributed by atoms with E-state index >= 15 is 0 Å². The molecule has 3 rings (SSSR count). The molecule has 0 amide bonds. The minimum Gasteiger partial charge on any atom is -0.357 e. The first-order valence-electron chi connectivity index (χ1n) is 6.49. The second-order valence-electron chi connectivity index (χ2n) is 5.25. The average molecular weight is 277 g/mol. The Morgan fingerprint density at radius 2 is 2.21 bits per heavy atom. The highest BCUT2D eigenvalue weighted by Crippen LogP contribution is 2.43. The van der Waals surface area contributed by atoms with Gasteiger partial charge in [-0.2, -0.15) is 0 Å². The van der Waals surface area contributed by atoms with E-state index in [-0.39, 0.29) is 5.82 Å².